The maximum absolute atomic E-state index is 12.8. The maximum atomic E-state index is 12.8. The summed E-state index contributed by atoms with van der Waals surface area (Å²) in [6.07, 6.45) is 1.21. The Morgan fingerprint density at radius 3 is 2.53 bits per heavy atom. The standard InChI is InChI=1S/C19H19N3O6S2/c1-5-28-19(27)13-8(2)10(4)29-16(13)21-11(23)6-22-7-20-15-12(17(22)24)9(3)14(30-15)18(25)26/h7H,5-6H2,1-4H3,(H,21,23)(H,25,26). The lowest BCUT2D eigenvalue weighted by atomic mass is 10.1. The molecule has 3 heterocycles. The lowest BCUT2D eigenvalue weighted by Gasteiger charge is -2.08. The zero-order chi connectivity index (χ0) is 22.2. The van der Waals surface area contributed by atoms with E-state index in [1.165, 1.54) is 17.7 Å². The predicted octanol–water partition coefficient (Wildman–Crippen LogP) is 2.96. The Hall–Kier alpha value is -3.05. The molecule has 158 valence electrons. The molecule has 0 saturated carbocycles. The molecule has 0 aromatic carbocycles. The van der Waals surface area contributed by atoms with Crippen LogP contribution in [0.15, 0.2) is 11.1 Å². The number of hydrogen-bond donors (Lipinski definition) is 2. The normalized spacial score (nSPS) is 10.9. The number of rotatable bonds is 6. The van der Waals surface area contributed by atoms with Crippen molar-refractivity contribution in [1.29, 1.82) is 0 Å². The summed E-state index contributed by atoms with van der Waals surface area (Å²) in [5, 5.41) is 12.5. The highest BCUT2D eigenvalue weighted by Gasteiger charge is 2.23. The highest BCUT2D eigenvalue weighted by molar-refractivity contribution is 7.20. The molecule has 0 radical (unpaired) electrons. The molecule has 9 nitrogen and oxygen atoms in total. The zero-order valence-electron chi connectivity index (χ0n) is 16.7. The number of fused-ring (bicyclic) bond motifs is 1. The number of carboxylic acids is 1. The molecule has 0 fully saturated rings. The quantitative estimate of drug-likeness (QED) is 0.554. The zero-order valence-corrected chi connectivity index (χ0v) is 18.3. The second-order valence-electron chi connectivity index (χ2n) is 6.48. The number of carbonyl (C=O) groups excluding carboxylic acids is 2. The summed E-state index contributed by atoms with van der Waals surface area (Å²) in [6.45, 7) is 6.72. The first-order valence-electron chi connectivity index (χ1n) is 8.94. The number of aryl methyl sites for hydroxylation is 2. The molecule has 0 unspecified atom stereocenters. The molecule has 30 heavy (non-hydrogen) atoms. The van der Waals surface area contributed by atoms with Gasteiger partial charge in [0.15, 0.2) is 0 Å². The Balaban J connectivity index is 1.90. The van der Waals surface area contributed by atoms with E-state index in [0.29, 0.717) is 21.0 Å². The average molecular weight is 450 g/mol. The molecule has 0 aliphatic heterocycles. The molecule has 0 atom stereocenters. The number of carbonyl (C=O) groups is 3. The maximum Gasteiger partial charge on any atom is 0.346 e. The van der Waals surface area contributed by atoms with Crippen LogP contribution >= 0.6 is 22.7 Å². The molecular weight excluding hydrogens is 430 g/mol. The Morgan fingerprint density at radius 1 is 1.20 bits per heavy atom. The third kappa shape index (κ3) is 3.85. The van der Waals surface area contributed by atoms with Gasteiger partial charge in [-0.25, -0.2) is 14.6 Å². The molecule has 3 aromatic heterocycles. The van der Waals surface area contributed by atoms with Crippen molar-refractivity contribution in [1.82, 2.24) is 9.55 Å². The first-order chi connectivity index (χ1) is 14.1. The first-order valence-corrected chi connectivity index (χ1v) is 10.6. The van der Waals surface area contributed by atoms with Gasteiger partial charge in [0.2, 0.25) is 5.91 Å². The number of esters is 1. The Kier molecular flexibility index (Phi) is 6.04. The second kappa shape index (κ2) is 8.36. The number of nitrogens with one attached hydrogen (secondary N) is 1. The summed E-state index contributed by atoms with van der Waals surface area (Å²) in [7, 11) is 0. The number of amides is 1. The lowest BCUT2D eigenvalue weighted by Crippen LogP contribution is -2.28. The highest BCUT2D eigenvalue weighted by Crippen LogP contribution is 2.33. The molecule has 0 aliphatic carbocycles. The van der Waals surface area contributed by atoms with Crippen molar-refractivity contribution in [3.8, 4) is 0 Å². The van der Waals surface area contributed by atoms with Crippen molar-refractivity contribution in [2.45, 2.75) is 34.2 Å². The van der Waals surface area contributed by atoms with E-state index in [2.05, 4.69) is 10.3 Å². The summed E-state index contributed by atoms with van der Waals surface area (Å²) < 4.78 is 6.18. The van der Waals surface area contributed by atoms with Crippen LogP contribution in [0, 0.1) is 20.8 Å². The SMILES string of the molecule is CCOC(=O)c1c(NC(=O)Cn2cnc3sc(C(=O)O)c(C)c3c2=O)sc(C)c1C. The minimum absolute atomic E-state index is 0.0421. The predicted molar refractivity (Wildman–Crippen MR) is 114 cm³/mol. The van der Waals surface area contributed by atoms with Gasteiger partial charge in [0, 0.05) is 4.88 Å². The van der Waals surface area contributed by atoms with E-state index >= 15 is 0 Å². The van der Waals surface area contributed by atoms with Crippen LogP contribution in [0.5, 0.6) is 0 Å². The summed E-state index contributed by atoms with van der Waals surface area (Å²) in [5.41, 5.74) is 0.849. The molecule has 1 amide bonds. The second-order valence-corrected chi connectivity index (χ2v) is 8.70. The van der Waals surface area contributed by atoms with Crippen LogP contribution in [0.4, 0.5) is 5.00 Å². The average Bonchev–Trinajstić information content (AvgIpc) is 3.15. The van der Waals surface area contributed by atoms with Gasteiger partial charge >= 0.3 is 11.9 Å². The van der Waals surface area contributed by atoms with Gasteiger partial charge in [-0.1, -0.05) is 0 Å². The topological polar surface area (TPSA) is 128 Å². The monoisotopic (exact) mass is 449 g/mol. The van der Waals surface area contributed by atoms with Gasteiger partial charge in [-0.15, -0.1) is 22.7 Å². The number of nitrogens with zero attached hydrogens (tertiary/aromatic N) is 2. The minimum atomic E-state index is -1.13. The van der Waals surface area contributed by atoms with Crippen molar-refractivity contribution >= 4 is 55.7 Å². The van der Waals surface area contributed by atoms with Crippen molar-refractivity contribution in [2.75, 3.05) is 11.9 Å². The van der Waals surface area contributed by atoms with Gasteiger partial charge in [0.1, 0.15) is 21.3 Å². The molecular formula is C19H19N3O6S2. The Morgan fingerprint density at radius 2 is 1.90 bits per heavy atom. The number of anilines is 1. The number of aromatic nitrogens is 2. The minimum Gasteiger partial charge on any atom is -0.477 e. The molecule has 0 aliphatic rings. The van der Waals surface area contributed by atoms with Gasteiger partial charge in [-0.3, -0.25) is 14.2 Å². The van der Waals surface area contributed by atoms with Crippen LogP contribution < -0.4 is 10.9 Å². The summed E-state index contributed by atoms with van der Waals surface area (Å²) in [5.74, 6) is -2.17. The van der Waals surface area contributed by atoms with E-state index in [1.54, 1.807) is 20.8 Å². The van der Waals surface area contributed by atoms with Gasteiger partial charge in [0.05, 0.1) is 23.9 Å². The third-order valence-corrected chi connectivity index (χ3v) is 6.85. The summed E-state index contributed by atoms with van der Waals surface area (Å²) in [6, 6.07) is 0. The lowest BCUT2D eigenvalue weighted by molar-refractivity contribution is -0.116. The van der Waals surface area contributed by atoms with Crippen LogP contribution in [0.1, 0.15) is 43.0 Å². The van der Waals surface area contributed by atoms with E-state index in [0.717, 1.165) is 26.3 Å². The van der Waals surface area contributed by atoms with Crippen LogP contribution in [0.2, 0.25) is 0 Å². The van der Waals surface area contributed by atoms with Crippen molar-refractivity contribution in [2.24, 2.45) is 0 Å². The largest absolute Gasteiger partial charge is 0.477 e. The van der Waals surface area contributed by atoms with E-state index in [-0.39, 0.29) is 23.4 Å². The number of carboxylic acid groups (broad SMARTS) is 1. The molecule has 3 aromatic rings. The fourth-order valence-electron chi connectivity index (χ4n) is 2.96. The van der Waals surface area contributed by atoms with Gasteiger partial charge in [0.25, 0.3) is 5.56 Å². The van der Waals surface area contributed by atoms with Gasteiger partial charge in [-0.2, -0.15) is 0 Å². The molecule has 0 saturated heterocycles. The number of aromatic carboxylic acids is 1. The highest BCUT2D eigenvalue weighted by atomic mass is 32.1. The van der Waals surface area contributed by atoms with E-state index in [9.17, 15) is 24.3 Å². The number of ether oxygens (including phenoxy) is 1. The van der Waals surface area contributed by atoms with Crippen molar-refractivity contribution < 1.29 is 24.2 Å². The van der Waals surface area contributed by atoms with E-state index < -0.39 is 23.4 Å². The molecule has 2 N–H and O–H groups in total. The van der Waals surface area contributed by atoms with Crippen LogP contribution in [-0.2, 0) is 16.1 Å². The third-order valence-electron chi connectivity index (χ3n) is 4.54. The number of hydrogen-bond acceptors (Lipinski definition) is 8. The first kappa shape index (κ1) is 21.7. The Bertz CT molecular complexity index is 1240. The van der Waals surface area contributed by atoms with E-state index in [1.807, 2.05) is 6.92 Å². The fourth-order valence-corrected chi connectivity index (χ4v) is 5.00. The Labute approximate surface area is 178 Å². The molecule has 11 heteroatoms. The van der Waals surface area contributed by atoms with Gasteiger partial charge in [-0.05, 0) is 38.8 Å². The van der Waals surface area contributed by atoms with Crippen molar-refractivity contribution in [3.05, 3.63) is 43.1 Å². The van der Waals surface area contributed by atoms with Crippen LogP contribution in [-0.4, -0.2) is 39.1 Å². The van der Waals surface area contributed by atoms with Crippen LogP contribution in [0.25, 0.3) is 10.2 Å². The fraction of sp³-hybridized carbons (Fsp3) is 0.316. The molecule has 0 bridgehead atoms. The van der Waals surface area contributed by atoms with Gasteiger partial charge < -0.3 is 15.2 Å². The number of thiophene rings is 2. The summed E-state index contributed by atoms with van der Waals surface area (Å²) >= 11 is 2.17. The molecule has 0 spiro atoms. The molecule has 3 rings (SSSR count). The van der Waals surface area contributed by atoms with Crippen LogP contribution in [0.3, 0.4) is 0 Å². The summed E-state index contributed by atoms with van der Waals surface area (Å²) in [4.78, 5) is 54.3. The van der Waals surface area contributed by atoms with E-state index in [4.69, 9.17) is 4.74 Å². The van der Waals surface area contributed by atoms with Crippen molar-refractivity contribution in [3.63, 3.8) is 0 Å². The smallest absolute Gasteiger partial charge is 0.346 e.